The first kappa shape index (κ1) is 23.2. The lowest BCUT2D eigenvalue weighted by Crippen LogP contribution is -2.43. The molecule has 5 heteroatoms. The van der Waals surface area contributed by atoms with Gasteiger partial charge in [-0.05, 0) is 59.4 Å². The molecule has 0 spiro atoms. The zero-order valence-corrected chi connectivity index (χ0v) is 21.7. The Labute approximate surface area is 216 Å². The molecule has 0 saturated carbocycles. The minimum atomic E-state index is -0.250. The van der Waals surface area contributed by atoms with E-state index in [1.807, 2.05) is 12.1 Å². The molecule has 2 heterocycles. The largest absolute Gasteiger partial charge is 0.294 e. The Morgan fingerprint density at radius 1 is 1.00 bits per heavy atom. The van der Waals surface area contributed by atoms with Gasteiger partial charge < -0.3 is 0 Å². The molecule has 0 radical (unpaired) electrons. The van der Waals surface area contributed by atoms with E-state index < -0.39 is 0 Å². The van der Waals surface area contributed by atoms with Crippen molar-refractivity contribution in [2.75, 3.05) is 4.90 Å². The van der Waals surface area contributed by atoms with Crippen LogP contribution >= 0.6 is 11.3 Å². The number of anilines is 1. The highest BCUT2D eigenvalue weighted by Crippen LogP contribution is 2.51. The molecule has 182 valence electrons. The van der Waals surface area contributed by atoms with Crippen LogP contribution < -0.4 is 4.90 Å². The van der Waals surface area contributed by atoms with Crippen LogP contribution in [-0.2, 0) is 22.4 Å². The number of nitriles is 1. The number of ketones is 1. The van der Waals surface area contributed by atoms with Gasteiger partial charge in [0, 0.05) is 34.9 Å². The third-order valence-electron chi connectivity index (χ3n) is 8.04. The van der Waals surface area contributed by atoms with E-state index in [0.29, 0.717) is 18.4 Å². The molecule has 1 atom stereocenters. The molecular weight excluding hydrogens is 464 g/mol. The monoisotopic (exact) mass is 494 g/mol. The van der Waals surface area contributed by atoms with Crippen molar-refractivity contribution in [2.45, 2.75) is 71.1 Å². The normalized spacial score (nSPS) is 21.7. The van der Waals surface area contributed by atoms with E-state index >= 15 is 0 Å². The second-order valence-corrected chi connectivity index (χ2v) is 12.3. The van der Waals surface area contributed by atoms with Gasteiger partial charge in [-0.2, -0.15) is 5.26 Å². The molecule has 3 aliphatic rings. The number of carbonyl (C=O) groups is 2. The van der Waals surface area contributed by atoms with Crippen molar-refractivity contribution in [3.05, 3.63) is 75.3 Å². The van der Waals surface area contributed by atoms with Gasteiger partial charge >= 0.3 is 0 Å². The maximum atomic E-state index is 13.9. The number of thiophene rings is 1. The Kier molecular flexibility index (Phi) is 5.61. The Morgan fingerprint density at radius 3 is 2.58 bits per heavy atom. The number of rotatable bonds is 2. The van der Waals surface area contributed by atoms with Crippen LogP contribution in [0.25, 0.3) is 10.8 Å². The van der Waals surface area contributed by atoms with Gasteiger partial charge in [0.15, 0.2) is 5.78 Å². The number of aryl methyl sites for hydroxylation is 1. The average Bonchev–Trinajstić information content (AvgIpc) is 3.02. The summed E-state index contributed by atoms with van der Waals surface area (Å²) in [7, 11) is 0. The van der Waals surface area contributed by atoms with Crippen LogP contribution in [0.4, 0.5) is 5.00 Å². The zero-order chi connectivity index (χ0) is 25.0. The third-order valence-corrected chi connectivity index (χ3v) is 9.31. The summed E-state index contributed by atoms with van der Waals surface area (Å²) in [6.07, 6.45) is 6.61. The zero-order valence-electron chi connectivity index (χ0n) is 20.9. The van der Waals surface area contributed by atoms with Crippen LogP contribution in [0.15, 0.2) is 53.7 Å². The predicted molar refractivity (Wildman–Crippen MR) is 144 cm³/mol. The molecule has 1 amide bonds. The summed E-state index contributed by atoms with van der Waals surface area (Å²) in [6.45, 7) is 4.21. The highest BCUT2D eigenvalue weighted by Gasteiger charge is 2.45. The fraction of sp³-hybridized carbons (Fsp3) is 0.387. The minimum Gasteiger partial charge on any atom is -0.294 e. The van der Waals surface area contributed by atoms with E-state index in [0.717, 1.165) is 63.9 Å². The molecular formula is C31H30N2O2S. The predicted octanol–water partition coefficient (Wildman–Crippen LogP) is 7.21. The molecule has 0 bridgehead atoms. The van der Waals surface area contributed by atoms with Crippen LogP contribution in [-0.4, -0.2) is 11.7 Å². The van der Waals surface area contributed by atoms with Crippen LogP contribution in [0.2, 0.25) is 0 Å². The molecule has 1 unspecified atom stereocenters. The smallest absolute Gasteiger partial charge is 0.232 e. The number of amides is 1. The van der Waals surface area contributed by atoms with Gasteiger partial charge in [0.05, 0.1) is 5.56 Å². The van der Waals surface area contributed by atoms with Crippen LogP contribution in [0.5, 0.6) is 0 Å². The summed E-state index contributed by atoms with van der Waals surface area (Å²) >= 11 is 1.60. The maximum Gasteiger partial charge on any atom is 0.232 e. The molecule has 6 rings (SSSR count). The molecule has 1 aromatic heterocycles. The first-order valence-corrected chi connectivity index (χ1v) is 13.8. The van der Waals surface area contributed by atoms with E-state index in [4.69, 9.17) is 0 Å². The number of nitrogens with zero attached hydrogens (tertiary/aromatic N) is 2. The van der Waals surface area contributed by atoms with Gasteiger partial charge in [-0.1, -0.05) is 62.7 Å². The number of carbonyl (C=O) groups excluding carboxylic acids is 2. The summed E-state index contributed by atoms with van der Waals surface area (Å²) < 4.78 is 0. The number of hydrogen-bond donors (Lipinski definition) is 0. The first-order valence-electron chi connectivity index (χ1n) is 13.0. The van der Waals surface area contributed by atoms with Gasteiger partial charge in [-0.15, -0.1) is 11.3 Å². The van der Waals surface area contributed by atoms with E-state index in [1.165, 1.54) is 11.3 Å². The fourth-order valence-electron chi connectivity index (χ4n) is 6.36. The molecule has 0 N–H and O–H groups in total. The average molecular weight is 495 g/mol. The van der Waals surface area contributed by atoms with E-state index in [1.54, 1.807) is 16.2 Å². The molecule has 3 aromatic rings. The van der Waals surface area contributed by atoms with Crippen molar-refractivity contribution in [3.63, 3.8) is 0 Å². The molecule has 0 fully saturated rings. The maximum absolute atomic E-state index is 13.9. The van der Waals surface area contributed by atoms with Crippen LogP contribution in [0, 0.1) is 16.7 Å². The third kappa shape index (κ3) is 3.79. The van der Waals surface area contributed by atoms with Crippen molar-refractivity contribution in [1.29, 1.82) is 5.26 Å². The van der Waals surface area contributed by atoms with Crippen molar-refractivity contribution >= 4 is 38.8 Å². The first-order chi connectivity index (χ1) is 17.4. The molecule has 2 aliphatic carbocycles. The Balaban J connectivity index is 1.53. The van der Waals surface area contributed by atoms with Crippen LogP contribution in [0.3, 0.4) is 0 Å². The Hall–Kier alpha value is -3.23. The highest BCUT2D eigenvalue weighted by atomic mass is 32.1. The van der Waals surface area contributed by atoms with Gasteiger partial charge in [0.2, 0.25) is 5.91 Å². The lowest BCUT2D eigenvalue weighted by Gasteiger charge is -2.42. The number of fused-ring (bicyclic) bond motifs is 2. The summed E-state index contributed by atoms with van der Waals surface area (Å²) in [6, 6.07) is 16.9. The summed E-state index contributed by atoms with van der Waals surface area (Å²) in [5.74, 6) is -0.126. The van der Waals surface area contributed by atoms with Crippen molar-refractivity contribution < 1.29 is 9.59 Å². The highest BCUT2D eigenvalue weighted by molar-refractivity contribution is 7.16. The number of allylic oxidation sites excluding steroid dienone is 2. The summed E-state index contributed by atoms with van der Waals surface area (Å²) in [5.41, 5.74) is 4.15. The van der Waals surface area contributed by atoms with Crippen molar-refractivity contribution in [2.24, 2.45) is 5.41 Å². The van der Waals surface area contributed by atoms with Gasteiger partial charge in [-0.25, -0.2) is 0 Å². The van der Waals surface area contributed by atoms with Gasteiger partial charge in [0.25, 0.3) is 0 Å². The number of Topliss-reactive ketones (excluding diaryl/α,β-unsaturated/α-hetero) is 1. The molecule has 4 nitrogen and oxygen atoms in total. The van der Waals surface area contributed by atoms with E-state index in [-0.39, 0.29) is 29.4 Å². The van der Waals surface area contributed by atoms with Gasteiger partial charge in [-0.3, -0.25) is 14.5 Å². The summed E-state index contributed by atoms with van der Waals surface area (Å²) in [4.78, 5) is 30.7. The lowest BCUT2D eigenvalue weighted by atomic mass is 9.69. The minimum absolute atomic E-state index is 0.00896. The Bertz CT molecular complexity index is 1490. The molecule has 0 saturated heterocycles. The molecule has 36 heavy (non-hydrogen) atoms. The standard InChI is InChI=1S/C31H30N2O2S/c1-31(2)16-25-29(26(34)17-31)23(21-13-12-19-8-6-7-9-20(19)14-21)15-28(35)33(25)30-24(18-32)22-10-4-3-5-11-27(22)36-30/h6-9,12-14,23H,3-5,10-11,15-17H2,1-2H3. The van der Waals surface area contributed by atoms with Crippen molar-refractivity contribution in [1.82, 2.24) is 0 Å². The van der Waals surface area contributed by atoms with Crippen LogP contribution in [0.1, 0.15) is 79.9 Å². The fourth-order valence-corrected chi connectivity index (χ4v) is 7.74. The molecule has 1 aliphatic heterocycles. The Morgan fingerprint density at radius 2 is 1.78 bits per heavy atom. The topological polar surface area (TPSA) is 61.2 Å². The quantitative estimate of drug-likeness (QED) is 0.354. The lowest BCUT2D eigenvalue weighted by molar-refractivity contribution is -0.120. The van der Waals surface area contributed by atoms with E-state index in [9.17, 15) is 14.9 Å². The van der Waals surface area contributed by atoms with Crippen molar-refractivity contribution in [3.8, 4) is 6.07 Å². The summed E-state index contributed by atoms with van der Waals surface area (Å²) in [5, 5.41) is 13.2. The van der Waals surface area contributed by atoms with E-state index in [2.05, 4.69) is 50.2 Å². The number of benzene rings is 2. The second kappa shape index (κ2) is 8.71. The molecule has 2 aromatic carbocycles. The second-order valence-electron chi connectivity index (χ2n) is 11.3. The number of hydrogen-bond acceptors (Lipinski definition) is 4. The SMILES string of the molecule is CC1(C)CC(=O)C2=C(C1)N(c1sc3c(c1C#N)CCCCC3)C(=O)CC2c1ccc2ccccc2c1. The van der Waals surface area contributed by atoms with Gasteiger partial charge in [0.1, 0.15) is 11.1 Å².